The Morgan fingerprint density at radius 2 is 2.19 bits per heavy atom. The smallest absolute Gasteiger partial charge is 0.302 e. The molecule has 2 aromatic heterocycles. The number of hydrogen-bond acceptors (Lipinski definition) is 9. The summed E-state index contributed by atoms with van der Waals surface area (Å²) in [6.07, 6.45) is 1.76. The Hall–Kier alpha value is -3.31. The minimum atomic E-state index is -0.528. The predicted molar refractivity (Wildman–Crippen MR) is 118 cm³/mol. The molecule has 0 bridgehead atoms. The molecule has 1 aliphatic rings. The molecule has 1 amide bonds. The largest absolute Gasteiger partial charge is 0.487 e. The molecule has 11 heteroatoms. The summed E-state index contributed by atoms with van der Waals surface area (Å²) in [4.78, 5) is 32.3. The van der Waals surface area contributed by atoms with Crippen molar-refractivity contribution in [2.24, 2.45) is 5.73 Å². The number of carbonyl (C=O) groups excluding carboxylic acids is 2. The standard InChI is InChI=1S/C21H22FN5O4S/c1-10-17-20(25-9-26-21(17)32-18(10)19(23)29)27-15-4-3-12(22)5-16(15)31-14-6-13(24-7-14)8-30-11(2)28/h3-5,9,13-14,24H,6-8H2,1-2H3,(H2,23,29)(H,25,26,27)/t13-,14-/m0/s1. The summed E-state index contributed by atoms with van der Waals surface area (Å²) in [5.74, 6) is -0.528. The summed E-state index contributed by atoms with van der Waals surface area (Å²) in [7, 11) is 0. The number of esters is 1. The number of carbonyl (C=O) groups is 2. The lowest BCUT2D eigenvalue weighted by molar-refractivity contribution is -0.141. The third-order valence-electron chi connectivity index (χ3n) is 5.11. The van der Waals surface area contributed by atoms with Gasteiger partial charge in [-0.25, -0.2) is 14.4 Å². The molecule has 1 fully saturated rings. The Labute approximate surface area is 187 Å². The second-order valence-electron chi connectivity index (χ2n) is 7.47. The van der Waals surface area contributed by atoms with E-state index < -0.39 is 11.7 Å². The number of anilines is 2. The zero-order chi connectivity index (χ0) is 22.8. The summed E-state index contributed by atoms with van der Waals surface area (Å²) in [5, 5.41) is 7.09. The van der Waals surface area contributed by atoms with Gasteiger partial charge in [0.15, 0.2) is 0 Å². The average Bonchev–Trinajstić information content (AvgIpc) is 3.33. The third-order valence-corrected chi connectivity index (χ3v) is 6.32. The Morgan fingerprint density at radius 3 is 2.94 bits per heavy atom. The SMILES string of the molecule is CC(=O)OC[C@@H]1C[C@H](Oc2cc(F)ccc2Nc2ncnc3sc(C(N)=O)c(C)c23)CN1. The molecule has 9 nitrogen and oxygen atoms in total. The molecular weight excluding hydrogens is 437 g/mol. The second-order valence-corrected chi connectivity index (χ2v) is 8.47. The van der Waals surface area contributed by atoms with Crippen LogP contribution in [0.15, 0.2) is 24.5 Å². The Balaban J connectivity index is 1.57. The van der Waals surface area contributed by atoms with Gasteiger partial charge >= 0.3 is 5.97 Å². The van der Waals surface area contributed by atoms with Gasteiger partial charge in [0, 0.05) is 32.0 Å². The quantitative estimate of drug-likeness (QED) is 0.460. The first kappa shape index (κ1) is 21.9. The maximum Gasteiger partial charge on any atom is 0.302 e. The molecule has 3 heterocycles. The van der Waals surface area contributed by atoms with Gasteiger partial charge < -0.3 is 25.8 Å². The van der Waals surface area contributed by atoms with Gasteiger partial charge in [-0.2, -0.15) is 0 Å². The lowest BCUT2D eigenvalue weighted by Gasteiger charge is -2.17. The second kappa shape index (κ2) is 9.05. The molecule has 32 heavy (non-hydrogen) atoms. The van der Waals surface area contributed by atoms with Crippen LogP contribution in [0.1, 0.15) is 28.6 Å². The molecule has 1 aromatic carbocycles. The number of benzene rings is 1. The molecule has 0 radical (unpaired) electrons. The van der Waals surface area contributed by atoms with Crippen molar-refractivity contribution in [1.29, 1.82) is 0 Å². The van der Waals surface area contributed by atoms with Crippen LogP contribution in [-0.2, 0) is 9.53 Å². The van der Waals surface area contributed by atoms with E-state index in [9.17, 15) is 14.0 Å². The van der Waals surface area contributed by atoms with Gasteiger partial charge in [-0.15, -0.1) is 11.3 Å². The molecule has 0 saturated carbocycles. The maximum atomic E-state index is 14.0. The molecule has 4 N–H and O–H groups in total. The lowest BCUT2D eigenvalue weighted by Crippen LogP contribution is -2.27. The van der Waals surface area contributed by atoms with Crippen LogP contribution < -0.4 is 21.1 Å². The topological polar surface area (TPSA) is 128 Å². The monoisotopic (exact) mass is 459 g/mol. The summed E-state index contributed by atoms with van der Waals surface area (Å²) in [6, 6.07) is 4.15. The van der Waals surface area contributed by atoms with Crippen molar-refractivity contribution in [3.05, 3.63) is 40.8 Å². The number of hydrogen-bond donors (Lipinski definition) is 3. The first-order valence-electron chi connectivity index (χ1n) is 9.95. The number of nitrogens with two attached hydrogens (primary N) is 1. The molecule has 0 aliphatic carbocycles. The number of ether oxygens (including phenoxy) is 2. The van der Waals surface area contributed by atoms with Crippen molar-refractivity contribution >= 4 is 44.9 Å². The van der Waals surface area contributed by atoms with Crippen molar-refractivity contribution in [3.63, 3.8) is 0 Å². The van der Waals surface area contributed by atoms with Gasteiger partial charge in [-0.1, -0.05) is 0 Å². The van der Waals surface area contributed by atoms with Crippen molar-refractivity contribution in [3.8, 4) is 5.75 Å². The number of rotatable bonds is 7. The Bertz CT molecular complexity index is 1180. The van der Waals surface area contributed by atoms with Crippen molar-refractivity contribution < 1.29 is 23.5 Å². The fraction of sp³-hybridized carbons (Fsp3) is 0.333. The van der Waals surface area contributed by atoms with Gasteiger partial charge in [0.25, 0.3) is 5.91 Å². The van der Waals surface area contributed by atoms with Crippen LogP contribution in [0.5, 0.6) is 5.75 Å². The minimum Gasteiger partial charge on any atom is -0.487 e. The molecule has 0 spiro atoms. The number of primary amides is 1. The van der Waals surface area contributed by atoms with Crippen LogP contribution in [0.2, 0.25) is 0 Å². The lowest BCUT2D eigenvalue weighted by atomic mass is 10.2. The van der Waals surface area contributed by atoms with E-state index in [1.54, 1.807) is 13.0 Å². The summed E-state index contributed by atoms with van der Waals surface area (Å²) >= 11 is 1.20. The maximum absolute atomic E-state index is 14.0. The van der Waals surface area contributed by atoms with Crippen LogP contribution in [0.3, 0.4) is 0 Å². The van der Waals surface area contributed by atoms with E-state index in [-0.39, 0.29) is 24.7 Å². The number of thiophene rings is 1. The van der Waals surface area contributed by atoms with Crippen LogP contribution in [0, 0.1) is 12.7 Å². The molecule has 1 aliphatic heterocycles. The van der Waals surface area contributed by atoms with Crippen molar-refractivity contribution in [2.45, 2.75) is 32.4 Å². The number of fused-ring (bicyclic) bond motifs is 1. The fourth-order valence-corrected chi connectivity index (χ4v) is 4.62. The van der Waals surface area contributed by atoms with Crippen molar-refractivity contribution in [2.75, 3.05) is 18.5 Å². The van der Waals surface area contributed by atoms with E-state index in [0.29, 0.717) is 50.9 Å². The highest BCUT2D eigenvalue weighted by molar-refractivity contribution is 7.20. The van der Waals surface area contributed by atoms with Crippen LogP contribution >= 0.6 is 11.3 Å². The molecule has 3 aromatic rings. The van der Waals surface area contributed by atoms with E-state index >= 15 is 0 Å². The molecule has 0 unspecified atom stereocenters. The van der Waals surface area contributed by atoms with E-state index in [0.717, 1.165) is 0 Å². The highest BCUT2D eigenvalue weighted by atomic mass is 32.1. The van der Waals surface area contributed by atoms with Gasteiger partial charge in [0.1, 0.15) is 41.3 Å². The molecule has 2 atom stereocenters. The summed E-state index contributed by atoms with van der Waals surface area (Å²) in [6.45, 7) is 3.93. The van der Waals surface area contributed by atoms with Crippen LogP contribution in [-0.4, -0.2) is 47.1 Å². The average molecular weight is 460 g/mol. The van der Waals surface area contributed by atoms with Gasteiger partial charge in [0.2, 0.25) is 0 Å². The Kier molecular flexibility index (Phi) is 6.19. The number of nitrogens with one attached hydrogen (secondary N) is 2. The van der Waals surface area contributed by atoms with Crippen molar-refractivity contribution in [1.82, 2.24) is 15.3 Å². The van der Waals surface area contributed by atoms with Crippen LogP contribution in [0.4, 0.5) is 15.9 Å². The first-order valence-corrected chi connectivity index (χ1v) is 10.8. The number of nitrogens with zero attached hydrogens (tertiary/aromatic N) is 2. The van der Waals surface area contributed by atoms with Gasteiger partial charge in [0.05, 0.1) is 16.0 Å². The fourth-order valence-electron chi connectivity index (χ4n) is 3.62. The predicted octanol–water partition coefficient (Wildman–Crippen LogP) is 2.65. The van der Waals surface area contributed by atoms with Gasteiger partial charge in [-0.3, -0.25) is 9.59 Å². The summed E-state index contributed by atoms with van der Waals surface area (Å²) in [5.41, 5.74) is 6.66. The molecule has 168 valence electrons. The first-order chi connectivity index (χ1) is 15.3. The zero-order valence-corrected chi connectivity index (χ0v) is 18.3. The normalized spacial score (nSPS) is 18.0. The molecule has 1 saturated heterocycles. The minimum absolute atomic E-state index is 0.0314. The molecular formula is C21H22FN5O4S. The van der Waals surface area contributed by atoms with E-state index in [1.807, 2.05) is 0 Å². The zero-order valence-electron chi connectivity index (χ0n) is 17.5. The van der Waals surface area contributed by atoms with Crippen LogP contribution in [0.25, 0.3) is 10.2 Å². The third kappa shape index (κ3) is 4.63. The van der Waals surface area contributed by atoms with E-state index in [4.69, 9.17) is 15.2 Å². The number of aryl methyl sites for hydroxylation is 1. The van der Waals surface area contributed by atoms with E-state index in [2.05, 4.69) is 20.6 Å². The Morgan fingerprint density at radius 1 is 1.38 bits per heavy atom. The van der Waals surface area contributed by atoms with E-state index in [1.165, 1.54) is 36.7 Å². The number of aromatic nitrogens is 2. The number of amides is 1. The highest BCUT2D eigenvalue weighted by Crippen LogP contribution is 2.36. The van der Waals surface area contributed by atoms with Gasteiger partial charge in [-0.05, 0) is 24.6 Å². The highest BCUT2D eigenvalue weighted by Gasteiger charge is 2.27. The number of halogens is 1. The molecule has 4 rings (SSSR count). The summed E-state index contributed by atoms with van der Waals surface area (Å²) < 4.78 is 25.1.